The van der Waals surface area contributed by atoms with Gasteiger partial charge in [-0.2, -0.15) is 11.8 Å². The lowest BCUT2D eigenvalue weighted by Crippen LogP contribution is -2.24. The second-order valence-corrected chi connectivity index (χ2v) is 5.03. The molecule has 0 heterocycles. The summed E-state index contributed by atoms with van der Waals surface area (Å²) in [5.74, 6) is -0.120. The van der Waals surface area contributed by atoms with Crippen molar-refractivity contribution in [3.63, 3.8) is 0 Å². The minimum atomic E-state index is -0.827. The lowest BCUT2D eigenvalue weighted by Gasteiger charge is -2.26. The van der Waals surface area contributed by atoms with Crippen molar-refractivity contribution >= 4 is 40.9 Å². The summed E-state index contributed by atoms with van der Waals surface area (Å²) in [7, 11) is 0. The number of carboxylic acid groups (broad SMARTS) is 1. The number of hydrogen-bond acceptors (Lipinski definition) is 2. The summed E-state index contributed by atoms with van der Waals surface area (Å²) in [6, 6.07) is 0. The van der Waals surface area contributed by atoms with Crippen molar-refractivity contribution in [1.82, 2.24) is 0 Å². The highest BCUT2D eigenvalue weighted by molar-refractivity contribution is 7.98. The summed E-state index contributed by atoms with van der Waals surface area (Å²) in [6.45, 7) is 1.94. The maximum atomic E-state index is 10.7. The van der Waals surface area contributed by atoms with Crippen LogP contribution in [0.15, 0.2) is 10.6 Å². The van der Waals surface area contributed by atoms with Crippen molar-refractivity contribution in [2.45, 2.75) is 19.8 Å². The Labute approximate surface area is 98.7 Å². The van der Waals surface area contributed by atoms with Gasteiger partial charge in [0, 0.05) is 11.2 Å². The molecule has 1 N–H and O–H groups in total. The molecule has 0 bridgehead atoms. The average molecular weight is 257 g/mol. The SMILES string of the molecule is CCC(C=C(Cl)Cl)(CSC)CC(=O)O. The third kappa shape index (κ3) is 5.13. The van der Waals surface area contributed by atoms with Gasteiger partial charge in [-0.15, -0.1) is 0 Å². The summed E-state index contributed by atoms with van der Waals surface area (Å²) in [6.07, 6.45) is 4.35. The molecule has 5 heteroatoms. The molecule has 2 nitrogen and oxygen atoms in total. The van der Waals surface area contributed by atoms with Crippen LogP contribution in [0, 0.1) is 5.41 Å². The molecule has 0 aromatic heterocycles. The Morgan fingerprint density at radius 2 is 2.14 bits per heavy atom. The molecule has 14 heavy (non-hydrogen) atoms. The zero-order chi connectivity index (χ0) is 11.2. The highest BCUT2D eigenvalue weighted by atomic mass is 35.5. The molecule has 0 aromatic rings. The number of hydrogen-bond donors (Lipinski definition) is 1. The minimum absolute atomic E-state index is 0.0628. The van der Waals surface area contributed by atoms with Crippen LogP contribution in [0.4, 0.5) is 0 Å². The summed E-state index contributed by atoms with van der Waals surface area (Å²) < 4.78 is 0.141. The van der Waals surface area contributed by atoms with Gasteiger partial charge in [0.1, 0.15) is 4.49 Å². The first-order valence-corrected chi connectivity index (χ1v) is 6.35. The Hall–Kier alpha value is 0.140. The first kappa shape index (κ1) is 14.1. The van der Waals surface area contributed by atoms with Crippen LogP contribution in [0.3, 0.4) is 0 Å². The van der Waals surface area contributed by atoms with E-state index in [0.29, 0.717) is 12.2 Å². The molecule has 0 saturated heterocycles. The van der Waals surface area contributed by atoms with E-state index in [1.165, 1.54) is 0 Å². The van der Waals surface area contributed by atoms with Crippen LogP contribution < -0.4 is 0 Å². The normalized spacial score (nSPS) is 14.6. The van der Waals surface area contributed by atoms with Crippen LogP contribution in [-0.2, 0) is 4.79 Å². The highest BCUT2D eigenvalue weighted by Gasteiger charge is 2.28. The lowest BCUT2D eigenvalue weighted by atomic mass is 9.84. The monoisotopic (exact) mass is 256 g/mol. The van der Waals surface area contributed by atoms with Crippen LogP contribution in [0.1, 0.15) is 19.8 Å². The van der Waals surface area contributed by atoms with Gasteiger partial charge >= 0.3 is 5.97 Å². The summed E-state index contributed by atoms with van der Waals surface area (Å²) in [5, 5.41) is 8.80. The summed E-state index contributed by atoms with van der Waals surface area (Å²) in [5.41, 5.74) is -0.427. The van der Waals surface area contributed by atoms with Gasteiger partial charge in [-0.05, 0) is 18.8 Å². The van der Waals surface area contributed by atoms with E-state index < -0.39 is 11.4 Å². The Morgan fingerprint density at radius 1 is 1.57 bits per heavy atom. The van der Waals surface area contributed by atoms with Gasteiger partial charge < -0.3 is 5.11 Å². The van der Waals surface area contributed by atoms with Crippen molar-refractivity contribution in [1.29, 1.82) is 0 Å². The summed E-state index contributed by atoms with van der Waals surface area (Å²) in [4.78, 5) is 10.7. The molecule has 0 aromatic carbocycles. The molecule has 0 spiro atoms. The predicted octanol–water partition coefficient (Wildman–Crippen LogP) is 3.54. The molecular formula is C9H14Cl2O2S. The Balaban J connectivity index is 4.77. The number of thioether (sulfide) groups is 1. The molecule has 0 aliphatic heterocycles. The minimum Gasteiger partial charge on any atom is -0.481 e. The Morgan fingerprint density at radius 3 is 2.43 bits per heavy atom. The number of carboxylic acids is 1. The van der Waals surface area contributed by atoms with Crippen molar-refractivity contribution in [2.75, 3.05) is 12.0 Å². The maximum Gasteiger partial charge on any atom is 0.304 e. The molecule has 0 amide bonds. The van der Waals surface area contributed by atoms with Gasteiger partial charge in [0.05, 0.1) is 6.42 Å². The second kappa shape index (κ2) is 6.59. The lowest BCUT2D eigenvalue weighted by molar-refractivity contribution is -0.138. The quantitative estimate of drug-likeness (QED) is 0.790. The van der Waals surface area contributed by atoms with E-state index in [9.17, 15) is 4.79 Å². The van der Waals surface area contributed by atoms with Crippen LogP contribution in [-0.4, -0.2) is 23.1 Å². The zero-order valence-electron chi connectivity index (χ0n) is 8.22. The number of carbonyl (C=O) groups is 1. The Bertz CT molecular complexity index is 227. The van der Waals surface area contributed by atoms with Crippen molar-refractivity contribution in [3.8, 4) is 0 Å². The topological polar surface area (TPSA) is 37.3 Å². The predicted molar refractivity (Wildman–Crippen MR) is 63.1 cm³/mol. The van der Waals surface area contributed by atoms with Crippen molar-refractivity contribution < 1.29 is 9.90 Å². The fourth-order valence-electron chi connectivity index (χ4n) is 1.29. The van der Waals surface area contributed by atoms with Crippen LogP contribution in [0.5, 0.6) is 0 Å². The van der Waals surface area contributed by atoms with E-state index in [-0.39, 0.29) is 10.9 Å². The Kier molecular flexibility index (Phi) is 6.66. The van der Waals surface area contributed by atoms with Gasteiger partial charge in [0.15, 0.2) is 0 Å². The first-order valence-electron chi connectivity index (χ1n) is 4.20. The van der Waals surface area contributed by atoms with E-state index in [1.807, 2.05) is 13.2 Å². The molecule has 82 valence electrons. The first-order chi connectivity index (χ1) is 6.45. The standard InChI is InChI=1S/C9H14Cl2O2S/c1-3-9(6-14-2,4-7(10)11)5-8(12)13/h4H,3,5-6H2,1-2H3,(H,12,13). The molecular weight excluding hydrogens is 243 g/mol. The third-order valence-electron chi connectivity index (χ3n) is 2.05. The molecule has 0 aliphatic carbocycles. The van der Waals surface area contributed by atoms with E-state index in [4.69, 9.17) is 28.3 Å². The fraction of sp³-hybridized carbons (Fsp3) is 0.667. The summed E-state index contributed by atoms with van der Waals surface area (Å²) >= 11 is 12.8. The number of aliphatic carboxylic acids is 1. The molecule has 0 fully saturated rings. The van der Waals surface area contributed by atoms with Crippen molar-refractivity contribution in [2.24, 2.45) is 5.41 Å². The third-order valence-corrected chi connectivity index (χ3v) is 3.14. The van der Waals surface area contributed by atoms with E-state index in [0.717, 1.165) is 0 Å². The molecule has 0 rings (SSSR count). The second-order valence-electron chi connectivity index (χ2n) is 3.15. The van der Waals surface area contributed by atoms with Crippen LogP contribution in [0.25, 0.3) is 0 Å². The zero-order valence-corrected chi connectivity index (χ0v) is 10.5. The van der Waals surface area contributed by atoms with E-state index >= 15 is 0 Å². The molecule has 1 unspecified atom stereocenters. The van der Waals surface area contributed by atoms with Gasteiger partial charge in [0.25, 0.3) is 0 Å². The molecule has 1 atom stereocenters. The van der Waals surface area contributed by atoms with Gasteiger partial charge in [0.2, 0.25) is 0 Å². The van der Waals surface area contributed by atoms with Gasteiger partial charge in [-0.3, -0.25) is 4.79 Å². The molecule has 0 aliphatic rings. The molecule has 0 saturated carbocycles. The number of allylic oxidation sites excluding steroid dienone is 1. The average Bonchev–Trinajstić information content (AvgIpc) is 2.02. The highest BCUT2D eigenvalue weighted by Crippen LogP contribution is 2.34. The number of halogens is 2. The van der Waals surface area contributed by atoms with Crippen LogP contribution in [0.2, 0.25) is 0 Å². The van der Waals surface area contributed by atoms with Gasteiger partial charge in [-0.25, -0.2) is 0 Å². The van der Waals surface area contributed by atoms with E-state index in [2.05, 4.69) is 0 Å². The van der Waals surface area contributed by atoms with Crippen LogP contribution >= 0.6 is 35.0 Å². The fourth-order valence-corrected chi connectivity index (χ4v) is 2.72. The smallest absolute Gasteiger partial charge is 0.304 e. The maximum absolute atomic E-state index is 10.7. The van der Waals surface area contributed by atoms with Crippen molar-refractivity contribution in [3.05, 3.63) is 10.6 Å². The number of rotatable bonds is 6. The largest absolute Gasteiger partial charge is 0.481 e. The molecule has 0 radical (unpaired) electrons. The van der Waals surface area contributed by atoms with Gasteiger partial charge in [-0.1, -0.05) is 30.1 Å². The van der Waals surface area contributed by atoms with E-state index in [1.54, 1.807) is 17.8 Å².